The van der Waals surface area contributed by atoms with Gasteiger partial charge in [0.25, 0.3) is 0 Å². The first-order chi connectivity index (χ1) is 14.7. The normalized spacial score (nSPS) is 11.3. The van der Waals surface area contributed by atoms with Crippen LogP contribution in [0.3, 0.4) is 0 Å². The maximum Gasteiger partial charge on any atom is 0.308 e. The Hall–Kier alpha value is -3.55. The number of carbonyl (C=O) groups excluding carboxylic acids is 3. The van der Waals surface area contributed by atoms with Crippen molar-refractivity contribution in [2.24, 2.45) is 0 Å². The maximum absolute atomic E-state index is 11.4. The van der Waals surface area contributed by atoms with Crippen LogP contribution in [0.5, 0.6) is 23.0 Å². The van der Waals surface area contributed by atoms with Crippen molar-refractivity contribution in [3.05, 3.63) is 47.5 Å². The van der Waals surface area contributed by atoms with E-state index in [1.807, 2.05) is 6.07 Å². The first-order valence-corrected chi connectivity index (χ1v) is 9.58. The summed E-state index contributed by atoms with van der Waals surface area (Å²) in [6.45, 7) is 4.11. The monoisotopic (exact) mass is 430 g/mol. The molecule has 2 rings (SSSR count). The van der Waals surface area contributed by atoms with Crippen LogP contribution in [-0.2, 0) is 25.5 Å². The number of carbonyl (C=O) groups is 3. The highest BCUT2D eigenvalue weighted by atomic mass is 16.6. The third-order valence-corrected chi connectivity index (χ3v) is 4.36. The number of hydrogen-bond acceptors (Lipinski definition) is 8. The van der Waals surface area contributed by atoms with Crippen molar-refractivity contribution >= 4 is 17.9 Å². The van der Waals surface area contributed by atoms with E-state index in [9.17, 15) is 14.4 Å². The van der Waals surface area contributed by atoms with E-state index >= 15 is 0 Å². The molecule has 0 saturated carbocycles. The lowest BCUT2D eigenvalue weighted by Gasteiger charge is -2.20. The molecule has 0 spiro atoms. The van der Waals surface area contributed by atoms with Crippen LogP contribution >= 0.6 is 0 Å². The van der Waals surface area contributed by atoms with Crippen molar-refractivity contribution in [2.75, 3.05) is 20.8 Å². The minimum atomic E-state index is -0.456. The summed E-state index contributed by atoms with van der Waals surface area (Å²) in [4.78, 5) is 34.0. The lowest BCUT2D eigenvalue weighted by Crippen LogP contribution is -2.14. The highest BCUT2D eigenvalue weighted by Crippen LogP contribution is 2.34. The van der Waals surface area contributed by atoms with E-state index in [2.05, 4.69) is 0 Å². The van der Waals surface area contributed by atoms with Gasteiger partial charge in [-0.1, -0.05) is 12.1 Å². The molecule has 8 heteroatoms. The minimum Gasteiger partial charge on any atom is -0.493 e. The predicted molar refractivity (Wildman–Crippen MR) is 112 cm³/mol. The van der Waals surface area contributed by atoms with Gasteiger partial charge in [-0.3, -0.25) is 14.4 Å². The summed E-state index contributed by atoms with van der Waals surface area (Å²) >= 11 is 0. The van der Waals surface area contributed by atoms with Crippen LogP contribution in [0.25, 0.3) is 0 Å². The second kappa shape index (κ2) is 11.0. The van der Waals surface area contributed by atoms with Gasteiger partial charge in [-0.15, -0.1) is 0 Å². The smallest absolute Gasteiger partial charge is 0.308 e. The molecule has 0 heterocycles. The fraction of sp³-hybridized carbons (Fsp3) is 0.348. The lowest BCUT2D eigenvalue weighted by atomic mass is 9.92. The summed E-state index contributed by atoms with van der Waals surface area (Å²) < 4.78 is 26.2. The van der Waals surface area contributed by atoms with Crippen LogP contribution in [0.2, 0.25) is 0 Å². The van der Waals surface area contributed by atoms with Crippen LogP contribution in [-0.4, -0.2) is 38.7 Å². The Bertz CT molecular complexity index is 951. The van der Waals surface area contributed by atoms with Crippen LogP contribution in [0.1, 0.15) is 37.8 Å². The third kappa shape index (κ3) is 7.02. The zero-order valence-corrected chi connectivity index (χ0v) is 18.2. The predicted octanol–water partition coefficient (Wildman–Crippen LogP) is 3.44. The minimum absolute atomic E-state index is 0.138. The van der Waals surface area contributed by atoms with E-state index in [0.717, 1.165) is 11.1 Å². The van der Waals surface area contributed by atoms with Gasteiger partial charge in [-0.05, 0) is 41.8 Å². The summed E-state index contributed by atoms with van der Waals surface area (Å²) in [6.07, 6.45) is 0.500. The molecule has 2 aromatic rings. The molecule has 31 heavy (non-hydrogen) atoms. The Kier molecular flexibility index (Phi) is 8.43. The van der Waals surface area contributed by atoms with Crippen LogP contribution in [0.4, 0.5) is 0 Å². The van der Waals surface area contributed by atoms with Gasteiger partial charge in [0, 0.05) is 26.7 Å². The summed E-state index contributed by atoms with van der Waals surface area (Å²) in [5, 5.41) is 0. The van der Waals surface area contributed by atoms with Gasteiger partial charge >= 0.3 is 17.9 Å². The molecule has 1 atom stereocenters. The van der Waals surface area contributed by atoms with E-state index in [1.54, 1.807) is 30.3 Å². The zero-order valence-electron chi connectivity index (χ0n) is 18.2. The van der Waals surface area contributed by atoms with Gasteiger partial charge in [-0.25, -0.2) is 0 Å². The topological polar surface area (TPSA) is 97.4 Å². The summed E-state index contributed by atoms with van der Waals surface area (Å²) in [5.74, 6) is -0.0731. The first kappa shape index (κ1) is 23.7. The SMILES string of the molecule is COc1cc(C[C@H](COC(C)=O)c2ccc(OC(C)=O)c(OC)c2)ccc1OC(C)=O. The van der Waals surface area contributed by atoms with Crippen LogP contribution in [0.15, 0.2) is 36.4 Å². The van der Waals surface area contributed by atoms with Gasteiger partial charge in [0.2, 0.25) is 0 Å². The van der Waals surface area contributed by atoms with Gasteiger partial charge in [0.15, 0.2) is 23.0 Å². The van der Waals surface area contributed by atoms with Crippen molar-refractivity contribution in [1.29, 1.82) is 0 Å². The van der Waals surface area contributed by atoms with Gasteiger partial charge in [0.1, 0.15) is 0 Å². The van der Waals surface area contributed by atoms with Crippen molar-refractivity contribution in [3.63, 3.8) is 0 Å². The standard InChI is InChI=1S/C23H26O8/c1-14(24)29-13-19(18-7-9-21(31-16(3)26)23(12-18)28-5)10-17-6-8-20(30-15(2)25)22(11-17)27-4/h6-9,11-12,19H,10,13H2,1-5H3/t19-/m1/s1. The Labute approximate surface area is 181 Å². The zero-order chi connectivity index (χ0) is 23.0. The molecule has 0 bridgehead atoms. The molecule has 0 aliphatic rings. The fourth-order valence-electron chi connectivity index (χ4n) is 3.03. The first-order valence-electron chi connectivity index (χ1n) is 9.58. The summed E-state index contributed by atoms with van der Waals surface area (Å²) in [6, 6.07) is 10.4. The average molecular weight is 430 g/mol. The van der Waals surface area contributed by atoms with E-state index in [0.29, 0.717) is 29.4 Å². The van der Waals surface area contributed by atoms with E-state index in [4.69, 9.17) is 23.7 Å². The molecule has 0 unspecified atom stereocenters. The van der Waals surface area contributed by atoms with Crippen molar-refractivity contribution in [2.45, 2.75) is 33.1 Å². The summed E-state index contributed by atoms with van der Waals surface area (Å²) in [5.41, 5.74) is 1.71. The molecule has 0 N–H and O–H groups in total. The molecule has 2 aromatic carbocycles. The fourth-order valence-corrected chi connectivity index (χ4v) is 3.03. The highest BCUT2D eigenvalue weighted by molar-refractivity contribution is 5.71. The molecule has 0 aliphatic heterocycles. The third-order valence-electron chi connectivity index (χ3n) is 4.36. The molecule has 0 saturated heterocycles. The summed E-state index contributed by atoms with van der Waals surface area (Å²) in [7, 11) is 2.97. The van der Waals surface area contributed by atoms with E-state index < -0.39 is 17.9 Å². The average Bonchev–Trinajstić information content (AvgIpc) is 2.71. The Morgan fingerprint density at radius 1 is 0.742 bits per heavy atom. The van der Waals surface area contributed by atoms with Crippen molar-refractivity contribution < 1.29 is 38.1 Å². The van der Waals surface area contributed by atoms with E-state index in [1.165, 1.54) is 35.0 Å². The number of benzene rings is 2. The maximum atomic E-state index is 11.4. The lowest BCUT2D eigenvalue weighted by molar-refractivity contribution is -0.141. The molecule has 0 aromatic heterocycles. The highest BCUT2D eigenvalue weighted by Gasteiger charge is 2.19. The second-order valence-electron chi connectivity index (χ2n) is 6.79. The van der Waals surface area contributed by atoms with Crippen molar-refractivity contribution in [1.82, 2.24) is 0 Å². The Morgan fingerprint density at radius 2 is 1.29 bits per heavy atom. The molecule has 0 aliphatic carbocycles. The largest absolute Gasteiger partial charge is 0.493 e. The molecular weight excluding hydrogens is 404 g/mol. The molecule has 0 amide bonds. The number of ether oxygens (including phenoxy) is 5. The van der Waals surface area contributed by atoms with Gasteiger partial charge in [-0.2, -0.15) is 0 Å². The molecule has 166 valence electrons. The molecular formula is C23H26O8. The Morgan fingerprint density at radius 3 is 1.81 bits per heavy atom. The van der Waals surface area contributed by atoms with Crippen molar-refractivity contribution in [3.8, 4) is 23.0 Å². The quantitative estimate of drug-likeness (QED) is 0.441. The van der Waals surface area contributed by atoms with Gasteiger partial charge < -0.3 is 23.7 Å². The second-order valence-corrected chi connectivity index (χ2v) is 6.79. The molecule has 0 fully saturated rings. The molecule has 0 radical (unpaired) electrons. The van der Waals surface area contributed by atoms with Crippen LogP contribution < -0.4 is 18.9 Å². The number of esters is 3. The number of methoxy groups -OCH3 is 2. The van der Waals surface area contributed by atoms with E-state index in [-0.39, 0.29) is 12.5 Å². The Balaban J connectivity index is 2.35. The number of hydrogen-bond donors (Lipinski definition) is 0. The number of rotatable bonds is 9. The van der Waals surface area contributed by atoms with Gasteiger partial charge in [0.05, 0.1) is 20.8 Å². The van der Waals surface area contributed by atoms with Crippen LogP contribution in [0, 0.1) is 0 Å². The molecule has 8 nitrogen and oxygen atoms in total.